The molecule has 3 aliphatic rings. The second kappa shape index (κ2) is 11.1. The van der Waals surface area contributed by atoms with E-state index in [1.54, 1.807) is 11.0 Å². The molecular formula is C28H35BrN2O6. The maximum absolute atomic E-state index is 14.4. The van der Waals surface area contributed by atoms with E-state index in [9.17, 15) is 19.5 Å². The van der Waals surface area contributed by atoms with Crippen LogP contribution in [0.5, 0.6) is 0 Å². The Morgan fingerprint density at radius 2 is 2.00 bits per heavy atom. The second-order valence-electron chi connectivity index (χ2n) is 10.3. The smallest absolute Gasteiger partial charge is 0.312 e. The molecule has 3 heterocycles. The van der Waals surface area contributed by atoms with Crippen LogP contribution in [-0.2, 0) is 30.4 Å². The molecule has 3 fully saturated rings. The van der Waals surface area contributed by atoms with Crippen molar-refractivity contribution in [1.82, 2.24) is 9.80 Å². The average Bonchev–Trinajstić information content (AvgIpc) is 3.46. The molecular weight excluding hydrogens is 540 g/mol. The van der Waals surface area contributed by atoms with Crippen LogP contribution in [0.15, 0.2) is 55.6 Å². The van der Waals surface area contributed by atoms with E-state index in [2.05, 4.69) is 29.1 Å². The Morgan fingerprint density at radius 1 is 1.30 bits per heavy atom. The van der Waals surface area contributed by atoms with Gasteiger partial charge < -0.3 is 24.4 Å². The highest BCUT2D eigenvalue weighted by Gasteiger charge is 2.77. The normalized spacial score (nSPS) is 30.8. The number of alkyl halides is 1. The number of fused-ring (bicyclic) bond motifs is 1. The Hall–Kier alpha value is -2.49. The third-order valence-corrected chi connectivity index (χ3v) is 8.61. The van der Waals surface area contributed by atoms with Gasteiger partial charge in [0, 0.05) is 17.9 Å². The summed E-state index contributed by atoms with van der Waals surface area (Å²) in [6, 6.07) is 7.97. The molecule has 0 aliphatic carbocycles. The summed E-state index contributed by atoms with van der Waals surface area (Å²) in [5, 5.41) is 10.3. The molecule has 200 valence electrons. The van der Waals surface area contributed by atoms with E-state index in [1.165, 1.54) is 11.0 Å². The molecule has 1 aromatic rings. The summed E-state index contributed by atoms with van der Waals surface area (Å²) in [6.45, 7) is 11.5. The first-order valence-electron chi connectivity index (χ1n) is 12.7. The van der Waals surface area contributed by atoms with Crippen molar-refractivity contribution in [3.05, 3.63) is 61.2 Å². The zero-order valence-electron chi connectivity index (χ0n) is 21.3. The van der Waals surface area contributed by atoms with E-state index >= 15 is 0 Å². The predicted molar refractivity (Wildman–Crippen MR) is 141 cm³/mol. The quantitative estimate of drug-likeness (QED) is 0.248. The Morgan fingerprint density at radius 3 is 2.59 bits per heavy atom. The van der Waals surface area contributed by atoms with Gasteiger partial charge in [-0.1, -0.05) is 78.8 Å². The first kappa shape index (κ1) is 27.5. The molecule has 0 radical (unpaired) electrons. The van der Waals surface area contributed by atoms with Gasteiger partial charge in [0.05, 0.1) is 30.6 Å². The van der Waals surface area contributed by atoms with Crippen LogP contribution in [0.1, 0.15) is 25.8 Å². The first-order valence-corrected chi connectivity index (χ1v) is 13.6. The van der Waals surface area contributed by atoms with Gasteiger partial charge in [-0.2, -0.15) is 0 Å². The number of ether oxygens (including phenoxy) is 2. The number of hydrogen-bond acceptors (Lipinski definition) is 6. The van der Waals surface area contributed by atoms with Crippen LogP contribution in [0.3, 0.4) is 0 Å². The van der Waals surface area contributed by atoms with Crippen LogP contribution < -0.4 is 0 Å². The Balaban J connectivity index is 1.79. The number of carbonyl (C=O) groups is 3. The Kier molecular flexibility index (Phi) is 8.26. The number of esters is 1. The van der Waals surface area contributed by atoms with Gasteiger partial charge in [-0.3, -0.25) is 14.4 Å². The number of benzene rings is 1. The lowest BCUT2D eigenvalue weighted by Gasteiger charge is -2.40. The fraction of sp³-hybridized carbons (Fsp3) is 0.536. The SMILES string of the molecule is C=CCOC(=O)[C@H]1[C@H]2C(=O)N([C@@H](CO)C(C)C)C(C(=O)N(CC=C)Cc3ccccc3)C23CC(Br)[C@@H]1O3. The maximum atomic E-state index is 14.4. The lowest BCUT2D eigenvalue weighted by atomic mass is 9.70. The minimum atomic E-state index is -1.22. The van der Waals surface area contributed by atoms with Crippen LogP contribution in [0.4, 0.5) is 0 Å². The fourth-order valence-electron chi connectivity index (χ4n) is 6.20. The molecule has 0 aromatic heterocycles. The summed E-state index contributed by atoms with van der Waals surface area (Å²) < 4.78 is 11.9. The van der Waals surface area contributed by atoms with Gasteiger partial charge in [0.25, 0.3) is 0 Å². The van der Waals surface area contributed by atoms with Crippen molar-refractivity contribution in [2.24, 2.45) is 17.8 Å². The molecule has 4 rings (SSSR count). The summed E-state index contributed by atoms with van der Waals surface area (Å²) >= 11 is 3.65. The van der Waals surface area contributed by atoms with Gasteiger partial charge in [-0.05, 0) is 17.9 Å². The van der Waals surface area contributed by atoms with Crippen molar-refractivity contribution in [2.75, 3.05) is 19.8 Å². The Labute approximate surface area is 226 Å². The first-order chi connectivity index (χ1) is 17.7. The van der Waals surface area contributed by atoms with Gasteiger partial charge in [0.1, 0.15) is 18.2 Å². The van der Waals surface area contributed by atoms with Crippen molar-refractivity contribution >= 4 is 33.7 Å². The summed E-state index contributed by atoms with van der Waals surface area (Å²) in [5.41, 5.74) is -0.283. The van der Waals surface area contributed by atoms with Crippen molar-refractivity contribution in [3.8, 4) is 0 Å². The molecule has 3 aliphatic heterocycles. The van der Waals surface area contributed by atoms with Crippen molar-refractivity contribution in [2.45, 2.75) is 55.4 Å². The molecule has 1 N–H and O–H groups in total. The van der Waals surface area contributed by atoms with E-state index in [1.807, 2.05) is 44.2 Å². The monoisotopic (exact) mass is 574 g/mol. The number of aliphatic hydroxyl groups excluding tert-OH is 1. The molecule has 0 saturated carbocycles. The molecule has 2 amide bonds. The molecule has 1 aromatic carbocycles. The van der Waals surface area contributed by atoms with Gasteiger partial charge in [-0.25, -0.2) is 0 Å². The second-order valence-corrected chi connectivity index (χ2v) is 11.5. The molecule has 3 saturated heterocycles. The highest BCUT2D eigenvalue weighted by Crippen LogP contribution is 2.61. The summed E-state index contributed by atoms with van der Waals surface area (Å²) in [5.74, 6) is -3.07. The zero-order valence-corrected chi connectivity index (χ0v) is 22.9. The van der Waals surface area contributed by atoms with E-state index in [0.717, 1.165) is 5.56 Å². The largest absolute Gasteiger partial charge is 0.461 e. The predicted octanol–water partition coefficient (Wildman–Crippen LogP) is 2.70. The van der Waals surface area contributed by atoms with E-state index in [0.29, 0.717) is 13.0 Å². The topological polar surface area (TPSA) is 96.4 Å². The minimum absolute atomic E-state index is 0.0183. The van der Waals surface area contributed by atoms with Gasteiger partial charge >= 0.3 is 5.97 Å². The molecule has 9 heteroatoms. The minimum Gasteiger partial charge on any atom is -0.461 e. The number of hydrogen-bond donors (Lipinski definition) is 1. The number of carbonyl (C=O) groups excluding carboxylic acids is 3. The van der Waals surface area contributed by atoms with Crippen LogP contribution in [0.25, 0.3) is 0 Å². The van der Waals surface area contributed by atoms with Crippen LogP contribution in [0, 0.1) is 17.8 Å². The van der Waals surface area contributed by atoms with Gasteiger partial charge in [-0.15, -0.1) is 6.58 Å². The molecule has 37 heavy (non-hydrogen) atoms. The van der Waals surface area contributed by atoms with E-state index in [4.69, 9.17) is 9.47 Å². The van der Waals surface area contributed by atoms with Gasteiger partial charge in [0.2, 0.25) is 11.8 Å². The standard InChI is InChI=1S/C28H35BrN2O6/c1-5-12-30(15-18-10-8-7-9-11-18)26(34)24-28-14-19(29)23(37-28)21(27(35)36-13-6-2)22(28)25(33)31(24)20(16-32)17(3)4/h5-11,17,19-24,32H,1-2,12-16H2,3-4H3/t19?,20-,21-,22-,23-,24?,28?/m0/s1. The van der Waals surface area contributed by atoms with Crippen LogP contribution >= 0.6 is 15.9 Å². The highest BCUT2D eigenvalue weighted by molar-refractivity contribution is 9.09. The number of likely N-dealkylation sites (tertiary alicyclic amines) is 1. The number of amides is 2. The summed E-state index contributed by atoms with van der Waals surface area (Å²) in [6.07, 6.45) is 2.91. The molecule has 7 atom stereocenters. The number of nitrogens with zero attached hydrogens (tertiary/aromatic N) is 2. The van der Waals surface area contributed by atoms with E-state index < -0.39 is 41.6 Å². The zero-order chi connectivity index (χ0) is 26.9. The van der Waals surface area contributed by atoms with Crippen molar-refractivity contribution in [3.63, 3.8) is 0 Å². The molecule has 1 spiro atoms. The fourth-order valence-corrected chi connectivity index (χ4v) is 7.14. The molecule has 2 bridgehead atoms. The lowest BCUT2D eigenvalue weighted by Crippen LogP contribution is -2.59. The maximum Gasteiger partial charge on any atom is 0.312 e. The third kappa shape index (κ3) is 4.66. The Bertz CT molecular complexity index is 1050. The van der Waals surface area contributed by atoms with E-state index in [-0.39, 0.29) is 42.3 Å². The summed E-state index contributed by atoms with van der Waals surface area (Å²) in [7, 11) is 0. The molecule has 8 nitrogen and oxygen atoms in total. The van der Waals surface area contributed by atoms with Crippen LogP contribution in [-0.4, -0.2) is 81.1 Å². The molecule has 3 unspecified atom stereocenters. The number of rotatable bonds is 11. The van der Waals surface area contributed by atoms with Crippen LogP contribution in [0.2, 0.25) is 0 Å². The number of halogens is 1. The number of aliphatic hydroxyl groups is 1. The highest BCUT2D eigenvalue weighted by atomic mass is 79.9. The lowest BCUT2D eigenvalue weighted by molar-refractivity contribution is -0.156. The third-order valence-electron chi connectivity index (χ3n) is 7.77. The van der Waals surface area contributed by atoms with Crippen molar-refractivity contribution in [1.29, 1.82) is 0 Å². The summed E-state index contributed by atoms with van der Waals surface area (Å²) in [4.78, 5) is 44.6. The van der Waals surface area contributed by atoms with Crippen molar-refractivity contribution < 1.29 is 29.0 Å². The average molecular weight is 576 g/mol. The van der Waals surface area contributed by atoms with Gasteiger partial charge in [0.15, 0.2) is 0 Å².